The van der Waals surface area contributed by atoms with Gasteiger partial charge in [0.15, 0.2) is 0 Å². The molecule has 0 atom stereocenters. The number of phenols is 2. The summed E-state index contributed by atoms with van der Waals surface area (Å²) in [6, 6.07) is 10.5. The Morgan fingerprint density at radius 3 is 1.87 bits per heavy atom. The first-order valence-corrected chi connectivity index (χ1v) is 8.88. The Balaban J connectivity index is 1.99. The van der Waals surface area contributed by atoms with E-state index in [1.54, 1.807) is 28.0 Å². The summed E-state index contributed by atoms with van der Waals surface area (Å²) in [5, 5.41) is 19.4. The number of hydrogen-bond acceptors (Lipinski definition) is 5. The number of phenolic OH excluding ortho intramolecular Hbond substituents is 2. The van der Waals surface area contributed by atoms with Crippen LogP contribution in [0.15, 0.2) is 46.2 Å². The maximum absolute atomic E-state index is 12.0. The van der Waals surface area contributed by atoms with Crippen LogP contribution in [0.25, 0.3) is 0 Å². The number of hydrogen-bond donors (Lipinski definition) is 2. The lowest BCUT2D eigenvalue weighted by Gasteiger charge is -2.23. The predicted molar refractivity (Wildman–Crippen MR) is 92.5 cm³/mol. The topological polar surface area (TPSA) is 60.8 Å². The number of amides is 1. The second kappa shape index (κ2) is 6.76. The molecule has 1 aliphatic rings. The second-order valence-electron chi connectivity index (χ2n) is 5.40. The minimum Gasteiger partial charge on any atom is -0.508 e. The van der Waals surface area contributed by atoms with Gasteiger partial charge in [0.1, 0.15) is 11.5 Å². The lowest BCUT2D eigenvalue weighted by Crippen LogP contribution is -2.14. The number of carbonyl (C=O) groups is 1. The van der Waals surface area contributed by atoms with Crippen molar-refractivity contribution in [2.24, 2.45) is 0 Å². The fraction of sp³-hybridized carbons (Fsp3) is 0.235. The molecule has 1 heterocycles. The van der Waals surface area contributed by atoms with Gasteiger partial charge < -0.3 is 10.2 Å². The minimum atomic E-state index is -0.0568. The van der Waals surface area contributed by atoms with E-state index in [1.807, 2.05) is 12.1 Å². The lowest BCUT2D eigenvalue weighted by molar-refractivity contribution is -0.120. The van der Waals surface area contributed by atoms with Gasteiger partial charge in [-0.15, -0.1) is 0 Å². The van der Waals surface area contributed by atoms with Crippen LogP contribution >= 0.6 is 23.9 Å². The summed E-state index contributed by atoms with van der Waals surface area (Å²) in [6.07, 6.45) is 2.53. The van der Waals surface area contributed by atoms with Crippen molar-refractivity contribution in [3.05, 3.63) is 47.5 Å². The molecule has 0 bridgehead atoms. The van der Waals surface area contributed by atoms with Crippen LogP contribution in [0.4, 0.5) is 0 Å². The highest BCUT2D eigenvalue weighted by atomic mass is 32.2. The summed E-state index contributed by atoms with van der Waals surface area (Å²) in [7, 11) is 0. The molecule has 0 fully saturated rings. The van der Waals surface area contributed by atoms with Gasteiger partial charge in [0, 0.05) is 40.6 Å². The summed E-state index contributed by atoms with van der Waals surface area (Å²) in [5.41, 5.74) is 2.07. The molecule has 6 heteroatoms. The maximum Gasteiger partial charge on any atom is 0.240 e. The summed E-state index contributed by atoms with van der Waals surface area (Å²) in [6.45, 7) is 1.53. The summed E-state index contributed by atoms with van der Waals surface area (Å²) in [4.78, 5) is 14.0. The SMILES string of the molecule is CC(=O)N1Sc2ccc(O)cc2CCCc2cc(O)ccc2S1. The average molecular weight is 347 g/mol. The number of nitrogens with zero attached hydrogens (tertiary/aromatic N) is 1. The van der Waals surface area contributed by atoms with Gasteiger partial charge in [0.25, 0.3) is 0 Å². The molecule has 0 spiro atoms. The third kappa shape index (κ3) is 3.76. The van der Waals surface area contributed by atoms with Crippen LogP contribution in [0.5, 0.6) is 11.5 Å². The van der Waals surface area contributed by atoms with Crippen LogP contribution in [-0.4, -0.2) is 19.8 Å². The number of aryl methyl sites for hydroxylation is 2. The molecule has 2 aromatic rings. The molecule has 0 aromatic heterocycles. The van der Waals surface area contributed by atoms with Crippen molar-refractivity contribution in [3.63, 3.8) is 0 Å². The predicted octanol–water partition coefficient (Wildman–Crippen LogP) is 4.15. The monoisotopic (exact) mass is 347 g/mol. The van der Waals surface area contributed by atoms with E-state index in [1.165, 1.54) is 30.8 Å². The quantitative estimate of drug-likeness (QED) is 0.701. The Hall–Kier alpha value is -1.79. The van der Waals surface area contributed by atoms with Gasteiger partial charge >= 0.3 is 0 Å². The minimum absolute atomic E-state index is 0.0568. The average Bonchev–Trinajstić information content (AvgIpc) is 2.50. The molecule has 2 aromatic carbocycles. The van der Waals surface area contributed by atoms with E-state index in [-0.39, 0.29) is 17.4 Å². The van der Waals surface area contributed by atoms with Gasteiger partial charge in [-0.2, -0.15) is 0 Å². The molecule has 23 heavy (non-hydrogen) atoms. The van der Waals surface area contributed by atoms with E-state index in [0.717, 1.165) is 40.2 Å². The van der Waals surface area contributed by atoms with Crippen LogP contribution in [0.1, 0.15) is 24.5 Å². The van der Waals surface area contributed by atoms with Crippen molar-refractivity contribution in [2.45, 2.75) is 36.0 Å². The number of carbonyl (C=O) groups excluding carboxylic acids is 1. The molecular weight excluding hydrogens is 330 g/mol. The molecule has 120 valence electrons. The van der Waals surface area contributed by atoms with E-state index < -0.39 is 0 Å². The van der Waals surface area contributed by atoms with Crippen LogP contribution in [0, 0.1) is 0 Å². The fourth-order valence-electron chi connectivity index (χ4n) is 2.50. The largest absolute Gasteiger partial charge is 0.508 e. The first kappa shape index (κ1) is 16.1. The first-order chi connectivity index (χ1) is 11.0. The van der Waals surface area contributed by atoms with E-state index >= 15 is 0 Å². The molecule has 0 unspecified atom stereocenters. The molecule has 0 aliphatic carbocycles. The zero-order valence-corrected chi connectivity index (χ0v) is 14.3. The van der Waals surface area contributed by atoms with Crippen LogP contribution in [0.3, 0.4) is 0 Å². The molecule has 0 saturated carbocycles. The smallest absolute Gasteiger partial charge is 0.240 e. The highest BCUT2D eigenvalue weighted by molar-refractivity contribution is 8.12. The number of benzene rings is 2. The van der Waals surface area contributed by atoms with Crippen molar-refractivity contribution < 1.29 is 15.0 Å². The third-order valence-electron chi connectivity index (χ3n) is 3.60. The molecular formula is C17H17NO3S2. The molecule has 1 amide bonds. The molecule has 4 nitrogen and oxygen atoms in total. The van der Waals surface area contributed by atoms with E-state index in [2.05, 4.69) is 0 Å². The van der Waals surface area contributed by atoms with E-state index in [9.17, 15) is 15.0 Å². The number of rotatable bonds is 0. The first-order valence-electron chi connectivity index (χ1n) is 7.33. The van der Waals surface area contributed by atoms with Crippen LogP contribution in [-0.2, 0) is 17.6 Å². The molecule has 3 rings (SSSR count). The molecule has 0 radical (unpaired) electrons. The molecule has 0 saturated heterocycles. The number of aromatic hydroxyl groups is 2. The normalized spacial score (nSPS) is 14.7. The van der Waals surface area contributed by atoms with E-state index in [0.29, 0.717) is 0 Å². The highest BCUT2D eigenvalue weighted by Crippen LogP contribution is 2.40. The molecule has 2 N–H and O–H groups in total. The fourth-order valence-corrected chi connectivity index (χ4v) is 4.56. The standard InChI is InChI=1S/C17H17NO3S2/c1-11(19)18-22-16-7-5-14(20)9-12(16)3-2-4-13-10-15(21)6-8-17(13)23-18/h5-10,20-21H,2-4H2,1H3. The Bertz CT molecular complexity index is 693. The van der Waals surface area contributed by atoms with Crippen molar-refractivity contribution in [1.29, 1.82) is 0 Å². The molecule has 1 aliphatic heterocycles. The zero-order chi connectivity index (χ0) is 16.4. The van der Waals surface area contributed by atoms with Gasteiger partial charge in [0.2, 0.25) is 5.91 Å². The third-order valence-corrected chi connectivity index (χ3v) is 6.08. The van der Waals surface area contributed by atoms with Crippen molar-refractivity contribution in [1.82, 2.24) is 3.71 Å². The van der Waals surface area contributed by atoms with Gasteiger partial charge in [-0.05, 0) is 66.8 Å². The lowest BCUT2D eigenvalue weighted by atomic mass is 10.0. The van der Waals surface area contributed by atoms with Crippen LogP contribution in [0.2, 0.25) is 0 Å². The Morgan fingerprint density at radius 2 is 1.43 bits per heavy atom. The summed E-state index contributed by atoms with van der Waals surface area (Å²) < 4.78 is 1.64. The van der Waals surface area contributed by atoms with Gasteiger partial charge in [0.05, 0.1) is 0 Å². The van der Waals surface area contributed by atoms with Gasteiger partial charge in [-0.3, -0.25) is 4.79 Å². The van der Waals surface area contributed by atoms with E-state index in [4.69, 9.17) is 0 Å². The number of fused-ring (bicyclic) bond motifs is 2. The Morgan fingerprint density at radius 1 is 0.957 bits per heavy atom. The highest BCUT2D eigenvalue weighted by Gasteiger charge is 2.19. The zero-order valence-electron chi connectivity index (χ0n) is 12.7. The summed E-state index contributed by atoms with van der Waals surface area (Å²) in [5.74, 6) is 0.418. The maximum atomic E-state index is 12.0. The van der Waals surface area contributed by atoms with Crippen molar-refractivity contribution in [2.75, 3.05) is 0 Å². The Kier molecular flexibility index (Phi) is 4.73. The van der Waals surface area contributed by atoms with Crippen LogP contribution < -0.4 is 0 Å². The van der Waals surface area contributed by atoms with Crippen molar-refractivity contribution in [3.8, 4) is 11.5 Å². The van der Waals surface area contributed by atoms with Crippen molar-refractivity contribution >= 4 is 29.8 Å². The summed E-state index contributed by atoms with van der Waals surface area (Å²) >= 11 is 2.74. The second-order valence-corrected chi connectivity index (χ2v) is 7.60. The Labute approximate surface area is 143 Å². The van der Waals surface area contributed by atoms with Gasteiger partial charge in [-0.1, -0.05) is 0 Å². The van der Waals surface area contributed by atoms with Gasteiger partial charge in [-0.25, -0.2) is 3.71 Å².